The number of benzene rings is 1. The second-order valence-corrected chi connectivity index (χ2v) is 4.28. The normalized spacial score (nSPS) is 17.6. The molecule has 1 N–H and O–H groups in total. The van der Waals surface area contributed by atoms with Crippen LogP contribution in [-0.2, 0) is 16.1 Å². The molecule has 0 radical (unpaired) electrons. The van der Waals surface area contributed by atoms with Crippen molar-refractivity contribution in [2.45, 2.75) is 12.6 Å². The second kappa shape index (κ2) is 5.71. The van der Waals surface area contributed by atoms with Crippen LogP contribution in [0.25, 0.3) is 0 Å². The van der Waals surface area contributed by atoms with Crippen LogP contribution in [0.15, 0.2) is 30.3 Å². The number of alkyl carbamates (subject to hydrolysis) is 1. The molecule has 1 aliphatic rings. The van der Waals surface area contributed by atoms with E-state index in [1.54, 1.807) is 0 Å². The summed E-state index contributed by atoms with van der Waals surface area (Å²) in [6, 6.07) is 8.40. The Morgan fingerprint density at radius 1 is 1.37 bits per heavy atom. The Bertz CT molecular complexity index is 506. The van der Waals surface area contributed by atoms with Crippen molar-refractivity contribution in [1.29, 1.82) is 0 Å². The van der Waals surface area contributed by atoms with Gasteiger partial charge in [-0.25, -0.2) is 4.79 Å². The molecule has 100 valence electrons. The van der Waals surface area contributed by atoms with E-state index in [0.29, 0.717) is 0 Å². The number of imide groups is 1. The molecule has 19 heavy (non-hydrogen) atoms. The molecule has 0 aromatic heterocycles. The molecule has 0 bridgehead atoms. The van der Waals surface area contributed by atoms with Crippen LogP contribution in [0.2, 0.25) is 0 Å². The van der Waals surface area contributed by atoms with Gasteiger partial charge in [-0.05, 0) is 17.2 Å². The molecule has 0 unspecified atom stereocenters. The van der Waals surface area contributed by atoms with Crippen molar-refractivity contribution in [2.24, 2.45) is 0 Å². The zero-order valence-electron chi connectivity index (χ0n) is 9.84. The van der Waals surface area contributed by atoms with E-state index >= 15 is 0 Å². The van der Waals surface area contributed by atoms with E-state index < -0.39 is 23.4 Å². The second-order valence-electron chi connectivity index (χ2n) is 3.96. The van der Waals surface area contributed by atoms with Crippen molar-refractivity contribution in [2.75, 3.05) is 6.54 Å². The van der Waals surface area contributed by atoms with Crippen molar-refractivity contribution in [3.63, 3.8) is 0 Å². The van der Waals surface area contributed by atoms with Gasteiger partial charge in [0.05, 0.1) is 6.54 Å². The number of amides is 3. The lowest BCUT2D eigenvalue weighted by atomic mass is 10.1. The van der Waals surface area contributed by atoms with Gasteiger partial charge < -0.3 is 10.1 Å². The molecule has 1 saturated heterocycles. The van der Waals surface area contributed by atoms with Gasteiger partial charge in [-0.15, -0.1) is 0 Å². The summed E-state index contributed by atoms with van der Waals surface area (Å²) in [5.74, 6) is -0.531. The number of hydrogen-bond acceptors (Lipinski definition) is 4. The van der Waals surface area contributed by atoms with Crippen molar-refractivity contribution in [3.05, 3.63) is 35.9 Å². The highest BCUT2D eigenvalue weighted by Gasteiger charge is 2.41. The first-order valence-electron chi connectivity index (χ1n) is 5.56. The summed E-state index contributed by atoms with van der Waals surface area (Å²) in [5.41, 5.74) is 0.843. The first-order valence-corrected chi connectivity index (χ1v) is 5.94. The number of ether oxygens (including phenoxy) is 1. The molecule has 2 rings (SSSR count). The maximum atomic E-state index is 11.4. The summed E-state index contributed by atoms with van der Waals surface area (Å²) in [4.78, 5) is 34.3. The number of hydrogen-bond donors (Lipinski definition) is 1. The number of nitrogens with zero attached hydrogens (tertiary/aromatic N) is 1. The fourth-order valence-corrected chi connectivity index (χ4v) is 1.75. The van der Waals surface area contributed by atoms with Crippen LogP contribution in [0.3, 0.4) is 0 Å². The van der Waals surface area contributed by atoms with E-state index in [4.69, 9.17) is 16.3 Å². The van der Waals surface area contributed by atoms with Crippen LogP contribution in [0, 0.1) is 0 Å². The number of likely N-dealkylation sites (tertiary alicyclic amines) is 1. The number of halogens is 1. The molecule has 1 aromatic carbocycles. The van der Waals surface area contributed by atoms with Crippen LogP contribution in [0.1, 0.15) is 5.56 Å². The Hall–Kier alpha value is -2.08. The minimum atomic E-state index is -0.847. The quantitative estimate of drug-likeness (QED) is 0.518. The van der Waals surface area contributed by atoms with Gasteiger partial charge in [-0.1, -0.05) is 30.3 Å². The zero-order valence-corrected chi connectivity index (χ0v) is 10.6. The standard InChI is InChI=1S/C12H11ClN2O4/c13-11(17)15-6-9(10(15)16)14-12(18)19-7-8-4-2-1-3-5-8/h1-5,9H,6-7H2,(H,14,18)/t9-/m0/s1. The SMILES string of the molecule is O=C(N[C@H]1CN(C(=O)Cl)C1=O)OCc1ccccc1. The minimum absolute atomic E-state index is 0.0710. The minimum Gasteiger partial charge on any atom is -0.445 e. The highest BCUT2D eigenvalue weighted by atomic mass is 35.5. The van der Waals surface area contributed by atoms with E-state index in [0.717, 1.165) is 10.5 Å². The molecular weight excluding hydrogens is 272 g/mol. The van der Waals surface area contributed by atoms with Crippen LogP contribution in [0.4, 0.5) is 9.59 Å². The molecule has 0 saturated carbocycles. The summed E-state index contributed by atoms with van der Waals surface area (Å²) in [6.45, 7) is 0.188. The number of nitrogens with one attached hydrogen (secondary N) is 1. The lowest BCUT2D eigenvalue weighted by Gasteiger charge is -2.34. The van der Waals surface area contributed by atoms with Gasteiger partial charge in [0.2, 0.25) is 0 Å². The molecule has 1 heterocycles. The Kier molecular flexibility index (Phi) is 4.01. The van der Waals surface area contributed by atoms with Gasteiger partial charge in [-0.3, -0.25) is 14.5 Å². The average molecular weight is 283 g/mol. The summed E-state index contributed by atoms with van der Waals surface area (Å²) in [7, 11) is 0. The van der Waals surface area contributed by atoms with Crippen molar-refractivity contribution in [3.8, 4) is 0 Å². The highest BCUT2D eigenvalue weighted by Crippen LogP contribution is 2.13. The fraction of sp³-hybridized carbons (Fsp3) is 0.250. The van der Waals surface area contributed by atoms with E-state index in [1.807, 2.05) is 30.3 Å². The Morgan fingerprint density at radius 2 is 2.05 bits per heavy atom. The molecular formula is C12H11ClN2O4. The maximum absolute atomic E-state index is 11.4. The predicted octanol–water partition coefficient (Wildman–Crippen LogP) is 1.48. The van der Waals surface area contributed by atoms with Gasteiger partial charge in [0, 0.05) is 0 Å². The van der Waals surface area contributed by atoms with Crippen LogP contribution >= 0.6 is 11.6 Å². The smallest absolute Gasteiger partial charge is 0.408 e. The Morgan fingerprint density at radius 3 is 2.63 bits per heavy atom. The number of β-lactam (4-membered cyclic amide) rings is 1. The molecule has 3 amide bonds. The van der Waals surface area contributed by atoms with Crippen LogP contribution in [0.5, 0.6) is 0 Å². The third-order valence-electron chi connectivity index (χ3n) is 2.65. The van der Waals surface area contributed by atoms with E-state index in [2.05, 4.69) is 5.32 Å². The summed E-state index contributed by atoms with van der Waals surface area (Å²) >= 11 is 5.14. The monoisotopic (exact) mass is 282 g/mol. The summed E-state index contributed by atoms with van der Waals surface area (Å²) in [6.07, 6.45) is -0.705. The van der Waals surface area contributed by atoms with Crippen molar-refractivity contribution in [1.82, 2.24) is 10.2 Å². The number of carbonyl (C=O) groups is 3. The topological polar surface area (TPSA) is 75.7 Å². The molecule has 1 aromatic rings. The summed E-state index contributed by atoms with van der Waals surface area (Å²) < 4.78 is 4.94. The van der Waals surface area contributed by atoms with Crippen molar-refractivity contribution < 1.29 is 19.1 Å². The van der Waals surface area contributed by atoms with Gasteiger partial charge in [0.15, 0.2) is 0 Å². The van der Waals surface area contributed by atoms with Crippen LogP contribution in [-0.4, -0.2) is 34.9 Å². The van der Waals surface area contributed by atoms with Gasteiger partial charge in [0.25, 0.3) is 5.91 Å². The molecule has 7 heteroatoms. The average Bonchev–Trinajstić information content (AvgIpc) is 2.41. The fourth-order valence-electron chi connectivity index (χ4n) is 1.60. The number of rotatable bonds is 3. The third kappa shape index (κ3) is 3.23. The molecule has 6 nitrogen and oxygen atoms in total. The molecule has 1 fully saturated rings. The van der Waals surface area contributed by atoms with Gasteiger partial charge in [0.1, 0.15) is 12.6 Å². The predicted molar refractivity (Wildman–Crippen MR) is 66.5 cm³/mol. The highest BCUT2D eigenvalue weighted by molar-refractivity contribution is 6.64. The molecule has 1 aliphatic heterocycles. The van der Waals surface area contributed by atoms with Crippen LogP contribution < -0.4 is 5.32 Å². The van der Waals surface area contributed by atoms with E-state index in [-0.39, 0.29) is 13.2 Å². The number of carbonyl (C=O) groups excluding carboxylic acids is 3. The Labute approximate surface area is 114 Å². The van der Waals surface area contributed by atoms with E-state index in [9.17, 15) is 14.4 Å². The van der Waals surface area contributed by atoms with Crippen molar-refractivity contribution >= 4 is 29.0 Å². The molecule has 0 aliphatic carbocycles. The first kappa shape index (κ1) is 13.4. The maximum Gasteiger partial charge on any atom is 0.408 e. The Balaban J connectivity index is 1.74. The zero-order chi connectivity index (χ0) is 13.8. The largest absolute Gasteiger partial charge is 0.445 e. The van der Waals surface area contributed by atoms with Gasteiger partial charge in [-0.2, -0.15) is 0 Å². The van der Waals surface area contributed by atoms with E-state index in [1.165, 1.54) is 0 Å². The first-order chi connectivity index (χ1) is 9.08. The molecule has 0 spiro atoms. The lowest BCUT2D eigenvalue weighted by molar-refractivity contribution is -0.138. The summed E-state index contributed by atoms with van der Waals surface area (Å²) in [5, 5.41) is 1.51. The molecule has 1 atom stereocenters. The third-order valence-corrected chi connectivity index (χ3v) is 2.85. The van der Waals surface area contributed by atoms with Gasteiger partial charge >= 0.3 is 11.5 Å². The lowest BCUT2D eigenvalue weighted by Crippen LogP contribution is -2.64.